The summed E-state index contributed by atoms with van der Waals surface area (Å²) >= 11 is 0. The van der Waals surface area contributed by atoms with Crippen molar-refractivity contribution in [3.8, 4) is 0 Å². The average molecular weight is 236 g/mol. The lowest BCUT2D eigenvalue weighted by Crippen LogP contribution is -2.09. The van der Waals surface area contributed by atoms with Gasteiger partial charge in [0.15, 0.2) is 0 Å². The van der Waals surface area contributed by atoms with Crippen LogP contribution >= 0.6 is 0 Å². The van der Waals surface area contributed by atoms with Crippen molar-refractivity contribution in [2.75, 3.05) is 0 Å². The molecule has 0 amide bonds. The van der Waals surface area contributed by atoms with Crippen LogP contribution in [0.4, 0.5) is 4.39 Å². The third kappa shape index (κ3) is 5.34. The molecule has 0 N–H and O–H groups in total. The number of halogens is 1. The molecule has 0 unspecified atom stereocenters. The first kappa shape index (κ1) is 14.2. The summed E-state index contributed by atoms with van der Waals surface area (Å²) in [6.45, 7) is 10.9. The second-order valence-electron chi connectivity index (χ2n) is 6.60. The van der Waals surface area contributed by atoms with Crippen LogP contribution in [0.3, 0.4) is 0 Å². The molecule has 0 bridgehead atoms. The normalized spacial score (nSPS) is 12.2. The second-order valence-corrected chi connectivity index (χ2v) is 6.60. The van der Waals surface area contributed by atoms with Crippen LogP contribution in [0, 0.1) is 17.2 Å². The minimum Gasteiger partial charge on any atom is -0.207 e. The number of benzene rings is 1. The first-order chi connectivity index (χ1) is 7.78. The van der Waals surface area contributed by atoms with Gasteiger partial charge in [0.2, 0.25) is 0 Å². The van der Waals surface area contributed by atoms with Crippen molar-refractivity contribution in [3.05, 3.63) is 35.1 Å². The molecule has 0 nitrogen and oxygen atoms in total. The quantitative estimate of drug-likeness (QED) is 0.690. The number of hydrogen-bond acceptors (Lipinski definition) is 0. The minimum absolute atomic E-state index is 0.0348. The third-order valence-electron chi connectivity index (χ3n) is 2.84. The summed E-state index contributed by atoms with van der Waals surface area (Å²) in [5.41, 5.74) is 2.17. The highest BCUT2D eigenvalue weighted by Crippen LogP contribution is 2.22. The van der Waals surface area contributed by atoms with Gasteiger partial charge in [-0.25, -0.2) is 4.39 Å². The number of hydrogen-bond donors (Lipinski definition) is 0. The monoisotopic (exact) mass is 236 g/mol. The van der Waals surface area contributed by atoms with Gasteiger partial charge in [-0.3, -0.25) is 0 Å². The van der Waals surface area contributed by atoms with Crippen LogP contribution in [0.25, 0.3) is 0 Å². The zero-order valence-corrected chi connectivity index (χ0v) is 11.8. The van der Waals surface area contributed by atoms with Gasteiger partial charge in [-0.2, -0.15) is 0 Å². The van der Waals surface area contributed by atoms with Crippen LogP contribution < -0.4 is 0 Å². The van der Waals surface area contributed by atoms with E-state index in [0.29, 0.717) is 5.92 Å². The van der Waals surface area contributed by atoms with Crippen LogP contribution in [-0.2, 0) is 12.8 Å². The Labute approximate surface area is 105 Å². The molecule has 0 saturated carbocycles. The Morgan fingerprint density at radius 2 is 1.82 bits per heavy atom. The van der Waals surface area contributed by atoms with Gasteiger partial charge in [0.05, 0.1) is 0 Å². The van der Waals surface area contributed by atoms with E-state index < -0.39 is 0 Å². The van der Waals surface area contributed by atoms with E-state index in [0.717, 1.165) is 30.4 Å². The molecule has 0 radical (unpaired) electrons. The summed E-state index contributed by atoms with van der Waals surface area (Å²) in [6.07, 6.45) is 2.82. The zero-order valence-electron chi connectivity index (χ0n) is 11.8. The maximum absolute atomic E-state index is 13.9. The van der Waals surface area contributed by atoms with Gasteiger partial charge in [0, 0.05) is 0 Å². The van der Waals surface area contributed by atoms with Crippen LogP contribution in [0.2, 0.25) is 0 Å². The van der Waals surface area contributed by atoms with Crippen molar-refractivity contribution in [3.63, 3.8) is 0 Å². The standard InChI is InChI=1S/C16H25F/c1-12(2)6-8-14-9-7-13(10-15(14)17)11-16(3,4)5/h7,9-10,12H,6,8,11H2,1-5H3. The highest BCUT2D eigenvalue weighted by atomic mass is 19.1. The van der Waals surface area contributed by atoms with E-state index >= 15 is 0 Å². The topological polar surface area (TPSA) is 0 Å². The molecule has 1 rings (SSSR count). The van der Waals surface area contributed by atoms with Gasteiger partial charge in [0.1, 0.15) is 5.82 Å². The largest absolute Gasteiger partial charge is 0.207 e. The van der Waals surface area contributed by atoms with Gasteiger partial charge < -0.3 is 0 Å². The molecule has 0 aromatic heterocycles. The van der Waals surface area contributed by atoms with Crippen molar-refractivity contribution in [2.24, 2.45) is 11.3 Å². The number of aryl methyl sites for hydroxylation is 1. The molecule has 0 fully saturated rings. The fourth-order valence-electron chi connectivity index (χ4n) is 1.96. The first-order valence-corrected chi connectivity index (χ1v) is 6.55. The van der Waals surface area contributed by atoms with E-state index in [4.69, 9.17) is 0 Å². The fraction of sp³-hybridized carbons (Fsp3) is 0.625. The molecule has 0 heterocycles. The molecule has 0 saturated heterocycles. The molecular weight excluding hydrogens is 211 g/mol. The molecule has 0 aliphatic rings. The molecule has 17 heavy (non-hydrogen) atoms. The molecule has 1 aromatic carbocycles. The van der Waals surface area contributed by atoms with E-state index in [1.807, 2.05) is 6.07 Å². The first-order valence-electron chi connectivity index (χ1n) is 6.55. The van der Waals surface area contributed by atoms with Crippen molar-refractivity contribution >= 4 is 0 Å². The Morgan fingerprint density at radius 1 is 1.18 bits per heavy atom. The fourth-order valence-corrected chi connectivity index (χ4v) is 1.96. The van der Waals surface area contributed by atoms with Gasteiger partial charge in [-0.1, -0.05) is 46.8 Å². The molecule has 0 spiro atoms. The maximum atomic E-state index is 13.9. The summed E-state index contributed by atoms with van der Waals surface area (Å²) in [5, 5.41) is 0. The maximum Gasteiger partial charge on any atom is 0.126 e. The summed E-state index contributed by atoms with van der Waals surface area (Å²) in [6, 6.07) is 5.74. The summed E-state index contributed by atoms with van der Waals surface area (Å²) in [5.74, 6) is 0.594. The van der Waals surface area contributed by atoms with E-state index in [-0.39, 0.29) is 11.2 Å². The minimum atomic E-state index is -0.0348. The van der Waals surface area contributed by atoms with E-state index in [9.17, 15) is 4.39 Å². The van der Waals surface area contributed by atoms with Gasteiger partial charge in [0.25, 0.3) is 0 Å². The van der Waals surface area contributed by atoms with Crippen LogP contribution in [-0.4, -0.2) is 0 Å². The van der Waals surface area contributed by atoms with Crippen LogP contribution in [0.5, 0.6) is 0 Å². The van der Waals surface area contributed by atoms with Crippen molar-refractivity contribution in [2.45, 2.75) is 53.9 Å². The Balaban J connectivity index is 2.72. The summed E-state index contributed by atoms with van der Waals surface area (Å²) in [7, 11) is 0. The van der Waals surface area contributed by atoms with Gasteiger partial charge in [-0.15, -0.1) is 0 Å². The smallest absolute Gasteiger partial charge is 0.126 e. The third-order valence-corrected chi connectivity index (χ3v) is 2.84. The predicted molar refractivity (Wildman–Crippen MR) is 72.7 cm³/mol. The van der Waals surface area contributed by atoms with E-state index in [1.54, 1.807) is 6.07 Å². The average Bonchev–Trinajstić information content (AvgIpc) is 2.13. The summed E-state index contributed by atoms with van der Waals surface area (Å²) < 4.78 is 13.9. The highest BCUT2D eigenvalue weighted by Gasteiger charge is 2.12. The van der Waals surface area contributed by atoms with Crippen molar-refractivity contribution in [1.82, 2.24) is 0 Å². The number of rotatable bonds is 4. The molecule has 0 atom stereocenters. The lowest BCUT2D eigenvalue weighted by atomic mass is 9.87. The lowest BCUT2D eigenvalue weighted by Gasteiger charge is -2.18. The summed E-state index contributed by atoms with van der Waals surface area (Å²) in [4.78, 5) is 0. The molecule has 1 aromatic rings. The Morgan fingerprint density at radius 3 is 2.29 bits per heavy atom. The van der Waals surface area contributed by atoms with Crippen molar-refractivity contribution in [1.29, 1.82) is 0 Å². The Bertz CT molecular complexity index is 358. The second kappa shape index (κ2) is 5.66. The van der Waals surface area contributed by atoms with E-state index in [1.165, 1.54) is 0 Å². The SMILES string of the molecule is CC(C)CCc1ccc(CC(C)(C)C)cc1F. The molecule has 0 aliphatic carbocycles. The lowest BCUT2D eigenvalue weighted by molar-refractivity contribution is 0.410. The zero-order chi connectivity index (χ0) is 13.1. The van der Waals surface area contributed by atoms with Crippen LogP contribution in [0.1, 0.15) is 52.2 Å². The highest BCUT2D eigenvalue weighted by molar-refractivity contribution is 5.25. The van der Waals surface area contributed by atoms with Gasteiger partial charge >= 0.3 is 0 Å². The van der Waals surface area contributed by atoms with Crippen LogP contribution in [0.15, 0.2) is 18.2 Å². The van der Waals surface area contributed by atoms with Gasteiger partial charge in [-0.05, 0) is 47.8 Å². The molecule has 0 aliphatic heterocycles. The molecule has 1 heteroatoms. The molecule has 96 valence electrons. The van der Waals surface area contributed by atoms with E-state index in [2.05, 4.69) is 40.7 Å². The Hall–Kier alpha value is -0.850. The predicted octanol–water partition coefficient (Wildman–Crippen LogP) is 5.00. The van der Waals surface area contributed by atoms with Crippen molar-refractivity contribution < 1.29 is 4.39 Å². The molecular formula is C16H25F. The Kier molecular flexibility index (Phi) is 4.73.